The van der Waals surface area contributed by atoms with Crippen LogP contribution in [0.4, 0.5) is 5.69 Å². The van der Waals surface area contributed by atoms with E-state index in [1.165, 1.54) is 18.9 Å². The molecular formula is C20H21N3O3S. The van der Waals surface area contributed by atoms with Crippen LogP contribution in [0.25, 0.3) is 0 Å². The number of hydrogen-bond acceptors (Lipinski definition) is 6. The van der Waals surface area contributed by atoms with E-state index in [2.05, 4.69) is 15.6 Å². The number of phenolic OH excluding ortho intramolecular Hbond substituents is 1. The lowest BCUT2D eigenvalue weighted by molar-refractivity contribution is -0.113. The van der Waals surface area contributed by atoms with Gasteiger partial charge in [-0.25, -0.2) is 4.99 Å². The lowest BCUT2D eigenvalue weighted by atomic mass is 9.95. The quantitative estimate of drug-likeness (QED) is 0.750. The van der Waals surface area contributed by atoms with Gasteiger partial charge in [0.15, 0.2) is 16.7 Å². The Hall–Kier alpha value is -2.93. The van der Waals surface area contributed by atoms with E-state index >= 15 is 0 Å². The first-order valence-corrected chi connectivity index (χ1v) is 9.59. The minimum atomic E-state index is -0.507. The van der Waals surface area contributed by atoms with E-state index in [-0.39, 0.29) is 11.7 Å². The fourth-order valence-corrected chi connectivity index (χ4v) is 3.34. The Balaban J connectivity index is 2.00. The Kier molecular flexibility index (Phi) is 5.71. The molecule has 0 unspecified atom stereocenters. The number of methoxy groups -OCH3 is 1. The Morgan fingerprint density at radius 2 is 2.00 bits per heavy atom. The van der Waals surface area contributed by atoms with Crippen molar-refractivity contribution in [3.8, 4) is 11.5 Å². The van der Waals surface area contributed by atoms with E-state index in [4.69, 9.17) is 4.74 Å². The first kappa shape index (κ1) is 18.8. The molecule has 7 heteroatoms. The van der Waals surface area contributed by atoms with Crippen LogP contribution in [0, 0.1) is 0 Å². The number of hydrogen-bond donors (Lipinski definition) is 3. The number of aliphatic imine (C=N–C) groups is 1. The third-order valence-electron chi connectivity index (χ3n) is 4.21. The smallest absolute Gasteiger partial charge is 0.255 e. The highest BCUT2D eigenvalue weighted by molar-refractivity contribution is 8.13. The van der Waals surface area contributed by atoms with Crippen LogP contribution in [0.15, 0.2) is 64.8 Å². The molecule has 3 N–H and O–H groups in total. The number of amides is 1. The molecule has 1 atom stereocenters. The molecule has 140 valence electrons. The van der Waals surface area contributed by atoms with Gasteiger partial charge in [-0.1, -0.05) is 36.0 Å². The number of thioether (sulfide) groups is 1. The lowest BCUT2D eigenvalue weighted by Crippen LogP contribution is -2.31. The summed E-state index contributed by atoms with van der Waals surface area (Å²) in [5.74, 6) is 0.153. The number of carbonyl (C=O) groups excluding carboxylic acids is 1. The number of carbonyl (C=O) groups is 1. The molecule has 1 aliphatic heterocycles. The van der Waals surface area contributed by atoms with Crippen LogP contribution in [0.5, 0.6) is 11.5 Å². The summed E-state index contributed by atoms with van der Waals surface area (Å²) in [6.07, 6.45) is 1.92. The van der Waals surface area contributed by atoms with Gasteiger partial charge in [-0.3, -0.25) is 4.79 Å². The van der Waals surface area contributed by atoms with Crippen LogP contribution in [-0.4, -0.2) is 29.5 Å². The second kappa shape index (κ2) is 8.18. The first-order chi connectivity index (χ1) is 13.0. The zero-order chi connectivity index (χ0) is 19.4. The zero-order valence-corrected chi connectivity index (χ0v) is 16.1. The standard InChI is InChI=1S/C20H21N3O3S/c1-12-17(19(25)22-14-7-5-4-6-8-14)18(23-20(21-12)27-3)13-9-10-15(24)16(11-13)26-2/h4-11,18,24H,1-3H3,(H,21,23)(H,22,25)/t18-/m0/s1. The van der Waals surface area contributed by atoms with Gasteiger partial charge < -0.3 is 20.5 Å². The van der Waals surface area contributed by atoms with Crippen molar-refractivity contribution in [2.45, 2.75) is 13.0 Å². The summed E-state index contributed by atoms with van der Waals surface area (Å²) in [4.78, 5) is 17.7. The summed E-state index contributed by atoms with van der Waals surface area (Å²) in [7, 11) is 1.49. The van der Waals surface area contributed by atoms with E-state index in [9.17, 15) is 9.90 Å². The third-order valence-corrected chi connectivity index (χ3v) is 4.80. The Labute approximate surface area is 162 Å². The molecule has 2 aromatic rings. The minimum absolute atomic E-state index is 0.0419. The molecule has 2 aromatic carbocycles. The van der Waals surface area contributed by atoms with Gasteiger partial charge >= 0.3 is 0 Å². The van der Waals surface area contributed by atoms with Gasteiger partial charge in [0.2, 0.25) is 0 Å². The third kappa shape index (κ3) is 4.09. The Morgan fingerprint density at radius 3 is 2.67 bits per heavy atom. The van der Waals surface area contributed by atoms with E-state index in [0.29, 0.717) is 17.0 Å². The number of amidine groups is 1. The average Bonchev–Trinajstić information content (AvgIpc) is 2.68. The van der Waals surface area contributed by atoms with Gasteiger partial charge in [0.25, 0.3) is 5.91 Å². The molecule has 0 aromatic heterocycles. The molecule has 0 fully saturated rings. The van der Waals surface area contributed by atoms with Crippen LogP contribution < -0.4 is 15.4 Å². The van der Waals surface area contributed by atoms with Crippen LogP contribution in [0.1, 0.15) is 18.5 Å². The van der Waals surface area contributed by atoms with Crippen molar-refractivity contribution < 1.29 is 14.6 Å². The van der Waals surface area contributed by atoms with Crippen LogP contribution >= 0.6 is 11.8 Å². The largest absolute Gasteiger partial charge is 0.504 e. The predicted octanol–water partition coefficient (Wildman–Crippen LogP) is 3.68. The van der Waals surface area contributed by atoms with Crippen molar-refractivity contribution >= 4 is 28.5 Å². The lowest BCUT2D eigenvalue weighted by Gasteiger charge is -2.26. The average molecular weight is 383 g/mol. The number of nitrogens with zero attached hydrogens (tertiary/aromatic N) is 1. The highest BCUT2D eigenvalue weighted by Gasteiger charge is 2.29. The molecule has 0 saturated carbocycles. The summed E-state index contributed by atoms with van der Waals surface area (Å²) in [6.45, 7) is 1.86. The minimum Gasteiger partial charge on any atom is -0.504 e. The van der Waals surface area contributed by atoms with Crippen LogP contribution in [0.3, 0.4) is 0 Å². The number of phenols is 1. The monoisotopic (exact) mass is 383 g/mol. The fraction of sp³-hybridized carbons (Fsp3) is 0.200. The van der Waals surface area contributed by atoms with Crippen molar-refractivity contribution in [1.29, 1.82) is 0 Å². The number of nitrogens with one attached hydrogen (secondary N) is 2. The molecule has 0 radical (unpaired) electrons. The molecule has 27 heavy (non-hydrogen) atoms. The second-order valence-corrected chi connectivity index (χ2v) is 6.75. The number of aromatic hydroxyl groups is 1. The van der Waals surface area contributed by atoms with E-state index in [1.807, 2.05) is 43.5 Å². The Morgan fingerprint density at radius 1 is 1.26 bits per heavy atom. The summed E-state index contributed by atoms with van der Waals surface area (Å²) >= 11 is 1.47. The van der Waals surface area contributed by atoms with Crippen LogP contribution in [0.2, 0.25) is 0 Å². The molecule has 0 saturated heterocycles. The molecule has 1 aliphatic rings. The van der Waals surface area contributed by atoms with Crippen molar-refractivity contribution in [1.82, 2.24) is 5.32 Å². The number of anilines is 1. The number of allylic oxidation sites excluding steroid dienone is 1. The maximum atomic E-state index is 13.0. The van der Waals surface area contributed by atoms with E-state index in [0.717, 1.165) is 16.4 Å². The Bertz CT molecular complexity index is 910. The molecule has 0 bridgehead atoms. The SMILES string of the molecule is COc1cc([C@@H]2N=C(SC)NC(C)=C2C(=O)Nc2ccccc2)ccc1O. The highest BCUT2D eigenvalue weighted by Crippen LogP contribution is 2.36. The maximum absolute atomic E-state index is 13.0. The van der Waals surface area contributed by atoms with Gasteiger partial charge in [-0.05, 0) is 43.0 Å². The fourth-order valence-electron chi connectivity index (χ4n) is 2.87. The summed E-state index contributed by atoms with van der Waals surface area (Å²) in [5.41, 5.74) is 2.73. The van der Waals surface area contributed by atoms with Crippen LogP contribution in [-0.2, 0) is 4.79 Å². The number of benzene rings is 2. The summed E-state index contributed by atoms with van der Waals surface area (Å²) in [5, 5.41) is 16.7. The second-order valence-electron chi connectivity index (χ2n) is 5.96. The molecule has 0 aliphatic carbocycles. The normalized spacial score (nSPS) is 16.4. The van der Waals surface area contributed by atoms with Gasteiger partial charge in [0.05, 0.1) is 12.7 Å². The molecule has 1 amide bonds. The number of ether oxygens (including phenoxy) is 1. The molecule has 1 heterocycles. The molecule has 3 rings (SSSR count). The van der Waals surface area contributed by atoms with Gasteiger partial charge in [-0.2, -0.15) is 0 Å². The highest BCUT2D eigenvalue weighted by atomic mass is 32.2. The molecule has 0 spiro atoms. The zero-order valence-electron chi connectivity index (χ0n) is 15.3. The first-order valence-electron chi connectivity index (χ1n) is 8.36. The maximum Gasteiger partial charge on any atom is 0.255 e. The van der Waals surface area contributed by atoms with Crippen molar-refractivity contribution in [2.24, 2.45) is 4.99 Å². The van der Waals surface area contributed by atoms with Crippen molar-refractivity contribution in [2.75, 3.05) is 18.7 Å². The summed E-state index contributed by atoms with van der Waals surface area (Å²) < 4.78 is 5.21. The molecule has 6 nitrogen and oxygen atoms in total. The molecular weight excluding hydrogens is 362 g/mol. The van der Waals surface area contributed by atoms with Crippen molar-refractivity contribution in [3.05, 3.63) is 65.4 Å². The van der Waals surface area contributed by atoms with Gasteiger partial charge in [-0.15, -0.1) is 0 Å². The number of rotatable bonds is 4. The topological polar surface area (TPSA) is 83.0 Å². The predicted molar refractivity (Wildman–Crippen MR) is 109 cm³/mol. The van der Waals surface area contributed by atoms with Crippen molar-refractivity contribution in [3.63, 3.8) is 0 Å². The van der Waals surface area contributed by atoms with Gasteiger partial charge in [0.1, 0.15) is 6.04 Å². The van der Waals surface area contributed by atoms with E-state index in [1.54, 1.807) is 18.2 Å². The van der Waals surface area contributed by atoms with Gasteiger partial charge in [0, 0.05) is 11.4 Å². The number of para-hydroxylation sites is 1. The summed E-state index contributed by atoms with van der Waals surface area (Å²) in [6, 6.07) is 13.8. The van der Waals surface area contributed by atoms with E-state index < -0.39 is 6.04 Å².